The van der Waals surface area contributed by atoms with Crippen molar-refractivity contribution in [2.24, 2.45) is 0 Å². The Morgan fingerprint density at radius 3 is 2.46 bits per heavy atom. The monoisotopic (exact) mass is 370 g/mol. The highest BCUT2D eigenvalue weighted by Gasteiger charge is 2.16. The number of nitrogens with one attached hydrogen (secondary N) is 1. The van der Waals surface area contributed by atoms with Crippen molar-refractivity contribution in [1.29, 1.82) is 0 Å². The van der Waals surface area contributed by atoms with Crippen molar-refractivity contribution >= 4 is 21.5 Å². The van der Waals surface area contributed by atoms with Crippen molar-refractivity contribution in [3.05, 3.63) is 65.5 Å². The van der Waals surface area contributed by atoms with Crippen molar-refractivity contribution in [1.82, 2.24) is 4.98 Å². The third kappa shape index (κ3) is 3.67. The molecule has 3 rings (SSSR count). The number of sulfonamides is 1. The van der Waals surface area contributed by atoms with Crippen LogP contribution in [0.5, 0.6) is 0 Å². The molecule has 1 heterocycles. The van der Waals surface area contributed by atoms with Gasteiger partial charge in [0.2, 0.25) is 5.89 Å². The largest absolute Gasteiger partial charge is 0.441 e. The van der Waals surface area contributed by atoms with Crippen LogP contribution in [0.15, 0.2) is 57.8 Å². The van der Waals surface area contributed by atoms with Crippen LogP contribution in [-0.2, 0) is 10.0 Å². The fourth-order valence-electron chi connectivity index (χ4n) is 2.41. The predicted octanol–water partition coefficient (Wildman–Crippen LogP) is 3.96. The second-order valence-electron chi connectivity index (χ2n) is 5.93. The summed E-state index contributed by atoms with van der Waals surface area (Å²) < 4.78 is 33.4. The van der Waals surface area contributed by atoms with Crippen molar-refractivity contribution in [2.45, 2.75) is 25.7 Å². The maximum Gasteiger partial charge on any atom is 0.261 e. The molecule has 6 nitrogen and oxygen atoms in total. The molecular formula is C19H18N2O4S. The van der Waals surface area contributed by atoms with Gasteiger partial charge in [-0.15, -0.1) is 0 Å². The van der Waals surface area contributed by atoms with Crippen LogP contribution >= 0.6 is 0 Å². The summed E-state index contributed by atoms with van der Waals surface area (Å²) in [6.07, 6.45) is 0. The topological polar surface area (TPSA) is 89.3 Å². The van der Waals surface area contributed by atoms with Gasteiger partial charge < -0.3 is 4.42 Å². The number of Topliss-reactive ketones (excluding diaryl/α,β-unsaturated/α-hetero) is 1. The van der Waals surface area contributed by atoms with Crippen LogP contribution in [0.4, 0.5) is 5.69 Å². The third-order valence-electron chi connectivity index (χ3n) is 3.94. The first-order chi connectivity index (χ1) is 12.3. The average molecular weight is 370 g/mol. The van der Waals surface area contributed by atoms with E-state index in [4.69, 9.17) is 4.42 Å². The van der Waals surface area contributed by atoms with E-state index >= 15 is 0 Å². The molecule has 0 bridgehead atoms. The molecule has 0 radical (unpaired) electrons. The Bertz CT molecular complexity index is 1060. The summed E-state index contributed by atoms with van der Waals surface area (Å²) in [5.41, 5.74) is 2.17. The highest BCUT2D eigenvalue weighted by atomic mass is 32.2. The number of hydrogen-bond donors (Lipinski definition) is 1. The Morgan fingerprint density at radius 1 is 1.08 bits per heavy atom. The third-order valence-corrected chi connectivity index (χ3v) is 5.32. The Kier molecular flexibility index (Phi) is 4.65. The van der Waals surface area contributed by atoms with Crippen LogP contribution in [0.2, 0.25) is 0 Å². The minimum Gasteiger partial charge on any atom is -0.441 e. The lowest BCUT2D eigenvalue weighted by molar-refractivity contribution is 0.101. The summed E-state index contributed by atoms with van der Waals surface area (Å²) in [6, 6.07) is 12.7. The second kappa shape index (κ2) is 6.76. The zero-order chi connectivity index (χ0) is 18.9. The number of benzene rings is 2. The van der Waals surface area contributed by atoms with Gasteiger partial charge in [-0.2, -0.15) is 0 Å². The van der Waals surface area contributed by atoms with E-state index in [9.17, 15) is 13.2 Å². The zero-order valence-corrected chi connectivity index (χ0v) is 15.4. The molecule has 0 saturated heterocycles. The van der Waals surface area contributed by atoms with Crippen LogP contribution in [-0.4, -0.2) is 19.2 Å². The Hall–Kier alpha value is -2.93. The predicted molar refractivity (Wildman–Crippen MR) is 98.7 cm³/mol. The number of rotatable bonds is 5. The Labute approximate surface area is 151 Å². The van der Waals surface area contributed by atoms with Crippen molar-refractivity contribution in [3.8, 4) is 11.5 Å². The number of aryl methyl sites for hydroxylation is 2. The average Bonchev–Trinajstić information content (AvgIpc) is 2.94. The molecule has 2 aromatic carbocycles. The minimum atomic E-state index is -3.82. The smallest absolute Gasteiger partial charge is 0.261 e. The number of ketones is 1. The molecule has 134 valence electrons. The standard InChI is InChI=1S/C19H18N2O4S/c1-12-14(3)25-19(20-12)16-7-4-8-17(10-16)21-26(23,24)18-9-5-6-15(11-18)13(2)22/h4-11,21H,1-3H3. The second-order valence-corrected chi connectivity index (χ2v) is 7.61. The molecule has 0 aliphatic heterocycles. The number of anilines is 1. The summed E-state index contributed by atoms with van der Waals surface area (Å²) >= 11 is 0. The number of aromatic nitrogens is 1. The van der Waals surface area contributed by atoms with Crippen LogP contribution in [0, 0.1) is 13.8 Å². The van der Waals surface area contributed by atoms with E-state index in [2.05, 4.69) is 9.71 Å². The van der Waals surface area contributed by atoms with E-state index < -0.39 is 10.0 Å². The van der Waals surface area contributed by atoms with Crippen LogP contribution in [0.25, 0.3) is 11.5 Å². The SMILES string of the molecule is CC(=O)c1cccc(S(=O)(=O)Nc2cccc(-c3nc(C)c(C)o3)c2)c1. The zero-order valence-electron chi connectivity index (χ0n) is 14.6. The molecule has 0 aliphatic carbocycles. The molecular weight excluding hydrogens is 352 g/mol. The summed E-state index contributed by atoms with van der Waals surface area (Å²) in [6.45, 7) is 5.06. The van der Waals surface area contributed by atoms with Crippen LogP contribution in [0.3, 0.4) is 0 Å². The van der Waals surface area contributed by atoms with Gasteiger partial charge in [-0.25, -0.2) is 13.4 Å². The normalized spacial score (nSPS) is 11.3. The van der Waals surface area contributed by atoms with Gasteiger partial charge in [0.25, 0.3) is 10.0 Å². The van der Waals surface area contributed by atoms with Gasteiger partial charge in [0.05, 0.1) is 10.6 Å². The molecule has 0 atom stereocenters. The summed E-state index contributed by atoms with van der Waals surface area (Å²) in [7, 11) is -3.82. The lowest BCUT2D eigenvalue weighted by Gasteiger charge is -2.09. The summed E-state index contributed by atoms with van der Waals surface area (Å²) in [5, 5.41) is 0. The van der Waals surface area contributed by atoms with Gasteiger partial charge in [-0.3, -0.25) is 9.52 Å². The molecule has 0 amide bonds. The molecule has 0 spiro atoms. The number of oxazole rings is 1. The Morgan fingerprint density at radius 2 is 1.81 bits per heavy atom. The molecule has 1 aromatic heterocycles. The maximum absolute atomic E-state index is 12.6. The van der Waals surface area contributed by atoms with Gasteiger partial charge in [0.1, 0.15) is 5.76 Å². The van der Waals surface area contributed by atoms with E-state index in [1.807, 2.05) is 13.8 Å². The maximum atomic E-state index is 12.6. The van der Waals surface area contributed by atoms with Crippen molar-refractivity contribution < 1.29 is 17.6 Å². The quantitative estimate of drug-likeness (QED) is 0.687. The lowest BCUT2D eigenvalue weighted by Crippen LogP contribution is -2.13. The highest BCUT2D eigenvalue weighted by molar-refractivity contribution is 7.92. The van der Waals surface area contributed by atoms with Gasteiger partial charge in [-0.1, -0.05) is 18.2 Å². The first kappa shape index (κ1) is 17.9. The minimum absolute atomic E-state index is 0.0263. The fraction of sp³-hybridized carbons (Fsp3) is 0.158. The molecule has 1 N–H and O–H groups in total. The molecule has 0 aliphatic rings. The van der Waals surface area contributed by atoms with Gasteiger partial charge in [-0.05, 0) is 51.1 Å². The molecule has 0 saturated carbocycles. The number of carbonyl (C=O) groups is 1. The van der Waals surface area contributed by atoms with Gasteiger partial charge in [0.15, 0.2) is 5.78 Å². The molecule has 3 aromatic rings. The number of hydrogen-bond acceptors (Lipinski definition) is 5. The van der Waals surface area contributed by atoms with Crippen molar-refractivity contribution in [3.63, 3.8) is 0 Å². The fourth-order valence-corrected chi connectivity index (χ4v) is 3.50. The highest BCUT2D eigenvalue weighted by Crippen LogP contribution is 2.25. The number of carbonyl (C=O) groups excluding carboxylic acids is 1. The molecule has 0 unspecified atom stereocenters. The summed E-state index contributed by atoms with van der Waals surface area (Å²) in [4.78, 5) is 15.8. The first-order valence-electron chi connectivity index (χ1n) is 7.94. The van der Waals surface area contributed by atoms with Crippen LogP contribution in [0.1, 0.15) is 28.7 Å². The van der Waals surface area contributed by atoms with E-state index in [1.165, 1.54) is 19.1 Å². The van der Waals surface area contributed by atoms with Crippen LogP contribution < -0.4 is 4.72 Å². The van der Waals surface area contributed by atoms with E-state index in [1.54, 1.807) is 36.4 Å². The molecule has 0 fully saturated rings. The van der Waals surface area contributed by atoms with E-state index in [-0.39, 0.29) is 10.7 Å². The molecule has 26 heavy (non-hydrogen) atoms. The van der Waals surface area contributed by atoms with Gasteiger partial charge >= 0.3 is 0 Å². The van der Waals surface area contributed by atoms with Gasteiger partial charge in [0, 0.05) is 16.8 Å². The number of nitrogens with zero attached hydrogens (tertiary/aromatic N) is 1. The molecule has 7 heteroatoms. The van der Waals surface area contributed by atoms with Crippen molar-refractivity contribution in [2.75, 3.05) is 4.72 Å². The summed E-state index contributed by atoms with van der Waals surface area (Å²) in [5.74, 6) is 0.949. The lowest BCUT2D eigenvalue weighted by atomic mass is 10.2. The first-order valence-corrected chi connectivity index (χ1v) is 9.43. The Balaban J connectivity index is 1.92. The van der Waals surface area contributed by atoms with E-state index in [0.717, 1.165) is 5.69 Å². The van der Waals surface area contributed by atoms with E-state index in [0.29, 0.717) is 28.5 Å².